The summed E-state index contributed by atoms with van der Waals surface area (Å²) < 4.78 is 16.8. The van der Waals surface area contributed by atoms with Crippen LogP contribution >= 0.6 is 0 Å². The van der Waals surface area contributed by atoms with Crippen molar-refractivity contribution >= 4 is 17.9 Å². The molecule has 0 heterocycles. The van der Waals surface area contributed by atoms with Gasteiger partial charge in [-0.15, -0.1) is 0 Å². The molecule has 0 N–H and O–H groups in total. The Bertz CT molecular complexity index is 1480. The molecule has 430 valence electrons. The SMILES string of the molecule is CC/C=C\C/C=C\C/C=C\C/C=C\CCCCCCCCCCCCCCCCCCCCC(=O)OCC(COC(=O)CCCCCCCCCCC)OC(=O)CCCCCC/C=C\C/C=C\C/C=C\C/C=C\CC. The lowest BCUT2D eigenvalue weighted by molar-refractivity contribution is -0.167. The number of carbonyl (C=O) groups is 3. The van der Waals surface area contributed by atoms with Crippen molar-refractivity contribution < 1.29 is 28.6 Å². The number of unbranched alkanes of at least 4 members (excludes halogenated alkanes) is 30. The molecule has 0 saturated carbocycles. The summed E-state index contributed by atoms with van der Waals surface area (Å²) in [5, 5.41) is 0. The van der Waals surface area contributed by atoms with Gasteiger partial charge in [-0.05, 0) is 96.3 Å². The van der Waals surface area contributed by atoms with Crippen LogP contribution in [0.1, 0.15) is 303 Å². The summed E-state index contributed by atoms with van der Waals surface area (Å²) in [6, 6.07) is 0. The van der Waals surface area contributed by atoms with Gasteiger partial charge in [-0.25, -0.2) is 0 Å². The summed E-state index contributed by atoms with van der Waals surface area (Å²) >= 11 is 0. The first kappa shape index (κ1) is 71.3. The van der Waals surface area contributed by atoms with Crippen LogP contribution in [0.25, 0.3) is 0 Å². The maximum absolute atomic E-state index is 12.8. The molecular formula is C69H118O6. The Morgan fingerprint density at radius 2 is 0.520 bits per heavy atom. The van der Waals surface area contributed by atoms with E-state index < -0.39 is 6.10 Å². The largest absolute Gasteiger partial charge is 0.462 e. The van der Waals surface area contributed by atoms with Crippen LogP contribution in [-0.4, -0.2) is 37.2 Å². The molecule has 0 bridgehead atoms. The van der Waals surface area contributed by atoms with Gasteiger partial charge in [0.1, 0.15) is 13.2 Å². The molecule has 0 saturated heterocycles. The average molecular weight is 1040 g/mol. The molecule has 0 fully saturated rings. The second-order valence-electron chi connectivity index (χ2n) is 20.9. The highest BCUT2D eigenvalue weighted by atomic mass is 16.6. The van der Waals surface area contributed by atoms with Gasteiger partial charge >= 0.3 is 17.9 Å². The highest BCUT2D eigenvalue weighted by Gasteiger charge is 2.19. The first-order chi connectivity index (χ1) is 37.0. The predicted octanol–water partition coefficient (Wildman–Crippen LogP) is 21.7. The molecule has 0 rings (SSSR count). The van der Waals surface area contributed by atoms with Gasteiger partial charge in [0, 0.05) is 19.3 Å². The van der Waals surface area contributed by atoms with Crippen LogP contribution < -0.4 is 0 Å². The lowest BCUT2D eigenvalue weighted by Crippen LogP contribution is -2.30. The standard InChI is InChI=1S/C69H118O6/c1-4-7-10-13-16-19-21-23-25-27-28-29-30-31-32-33-34-35-36-37-38-39-40-42-43-45-47-50-53-56-59-62-68(71)74-65-66(64-73-67(70)61-58-55-52-49-18-15-12-9-6-3)75-69(72)63-60-57-54-51-48-46-44-41-26-24-22-20-17-14-11-8-5-2/h7-8,10-11,16-17,19-20,23-26,28-29,44,46,66H,4-6,9,12-15,18,21-22,27,30-43,45,47-65H2,1-3H3/b10-7-,11-8-,19-16-,20-17-,25-23-,26-24-,29-28-,46-44-. The van der Waals surface area contributed by atoms with Crippen molar-refractivity contribution in [1.29, 1.82) is 0 Å². The topological polar surface area (TPSA) is 78.9 Å². The minimum absolute atomic E-state index is 0.0839. The van der Waals surface area contributed by atoms with Crippen molar-refractivity contribution in [3.05, 3.63) is 97.2 Å². The maximum Gasteiger partial charge on any atom is 0.306 e. The molecule has 0 aliphatic carbocycles. The molecule has 1 unspecified atom stereocenters. The van der Waals surface area contributed by atoms with E-state index in [1.54, 1.807) is 0 Å². The fourth-order valence-electron chi connectivity index (χ4n) is 8.90. The second-order valence-corrected chi connectivity index (χ2v) is 20.9. The van der Waals surface area contributed by atoms with E-state index in [4.69, 9.17) is 14.2 Å². The third-order valence-corrected chi connectivity index (χ3v) is 13.6. The minimum Gasteiger partial charge on any atom is -0.462 e. The van der Waals surface area contributed by atoms with Crippen molar-refractivity contribution in [2.45, 2.75) is 309 Å². The van der Waals surface area contributed by atoms with E-state index in [2.05, 4.69) is 118 Å². The minimum atomic E-state index is -0.787. The lowest BCUT2D eigenvalue weighted by atomic mass is 10.0. The third kappa shape index (κ3) is 61.1. The Balaban J connectivity index is 4.13. The Hall–Kier alpha value is -3.67. The van der Waals surface area contributed by atoms with Crippen LogP contribution in [0.2, 0.25) is 0 Å². The molecule has 1 atom stereocenters. The van der Waals surface area contributed by atoms with E-state index in [9.17, 15) is 14.4 Å². The first-order valence-corrected chi connectivity index (χ1v) is 31.7. The molecule has 0 aromatic carbocycles. The van der Waals surface area contributed by atoms with Gasteiger partial charge in [-0.2, -0.15) is 0 Å². The van der Waals surface area contributed by atoms with E-state index in [-0.39, 0.29) is 31.1 Å². The normalized spacial score (nSPS) is 12.7. The molecule has 0 spiro atoms. The van der Waals surface area contributed by atoms with Crippen LogP contribution in [0.4, 0.5) is 0 Å². The Morgan fingerprint density at radius 1 is 0.280 bits per heavy atom. The molecule has 75 heavy (non-hydrogen) atoms. The number of carbonyl (C=O) groups excluding carboxylic acids is 3. The van der Waals surface area contributed by atoms with E-state index in [1.807, 2.05) is 0 Å². The summed E-state index contributed by atoms with van der Waals surface area (Å²) in [5.74, 6) is -0.901. The number of hydrogen-bond acceptors (Lipinski definition) is 6. The van der Waals surface area contributed by atoms with Gasteiger partial charge in [0.15, 0.2) is 6.10 Å². The third-order valence-electron chi connectivity index (χ3n) is 13.6. The monoisotopic (exact) mass is 1040 g/mol. The maximum atomic E-state index is 12.8. The lowest BCUT2D eigenvalue weighted by Gasteiger charge is -2.18. The molecule has 0 aliphatic heterocycles. The summed E-state index contributed by atoms with van der Waals surface area (Å²) in [4.78, 5) is 38.1. The van der Waals surface area contributed by atoms with Gasteiger partial charge in [-0.1, -0.05) is 285 Å². The van der Waals surface area contributed by atoms with E-state index in [0.29, 0.717) is 19.3 Å². The molecule has 0 aromatic rings. The smallest absolute Gasteiger partial charge is 0.306 e. The number of rotatable bonds is 57. The quantitative estimate of drug-likeness (QED) is 0.0261. The van der Waals surface area contributed by atoms with Gasteiger partial charge in [-0.3, -0.25) is 14.4 Å². The molecule has 0 aliphatic rings. The van der Waals surface area contributed by atoms with E-state index in [0.717, 1.165) is 122 Å². The summed E-state index contributed by atoms with van der Waals surface area (Å²) in [5.41, 5.74) is 0. The fourth-order valence-corrected chi connectivity index (χ4v) is 8.90. The Morgan fingerprint density at radius 3 is 0.813 bits per heavy atom. The molecule has 6 nitrogen and oxygen atoms in total. The predicted molar refractivity (Wildman–Crippen MR) is 325 cm³/mol. The van der Waals surface area contributed by atoms with Crippen molar-refractivity contribution in [2.75, 3.05) is 13.2 Å². The van der Waals surface area contributed by atoms with Gasteiger partial charge in [0.25, 0.3) is 0 Å². The van der Waals surface area contributed by atoms with E-state index in [1.165, 1.54) is 141 Å². The van der Waals surface area contributed by atoms with Gasteiger partial charge in [0.05, 0.1) is 0 Å². The van der Waals surface area contributed by atoms with Crippen molar-refractivity contribution in [1.82, 2.24) is 0 Å². The zero-order valence-corrected chi connectivity index (χ0v) is 49.3. The molecule has 0 aromatic heterocycles. The van der Waals surface area contributed by atoms with Crippen LogP contribution in [0.15, 0.2) is 97.2 Å². The fraction of sp³-hybridized carbons (Fsp3) is 0.725. The Labute approximate surface area is 464 Å². The van der Waals surface area contributed by atoms with E-state index >= 15 is 0 Å². The number of hydrogen-bond donors (Lipinski definition) is 0. The van der Waals surface area contributed by atoms with Crippen LogP contribution in [-0.2, 0) is 28.6 Å². The van der Waals surface area contributed by atoms with Gasteiger partial charge < -0.3 is 14.2 Å². The average Bonchev–Trinajstić information content (AvgIpc) is 3.41. The molecule has 0 radical (unpaired) electrons. The molecular weight excluding hydrogens is 925 g/mol. The van der Waals surface area contributed by atoms with Crippen LogP contribution in [0.5, 0.6) is 0 Å². The summed E-state index contributed by atoms with van der Waals surface area (Å²) in [6.07, 6.45) is 84.4. The zero-order chi connectivity index (χ0) is 54.3. The van der Waals surface area contributed by atoms with Crippen LogP contribution in [0.3, 0.4) is 0 Å². The first-order valence-electron chi connectivity index (χ1n) is 31.7. The van der Waals surface area contributed by atoms with Crippen LogP contribution in [0, 0.1) is 0 Å². The second kappa shape index (κ2) is 62.9. The highest BCUT2D eigenvalue weighted by Crippen LogP contribution is 2.17. The summed E-state index contributed by atoms with van der Waals surface area (Å²) in [6.45, 7) is 6.39. The molecule has 0 amide bonds. The van der Waals surface area contributed by atoms with Crippen molar-refractivity contribution in [3.8, 4) is 0 Å². The van der Waals surface area contributed by atoms with Gasteiger partial charge in [0.2, 0.25) is 0 Å². The molecule has 6 heteroatoms. The zero-order valence-electron chi connectivity index (χ0n) is 49.3. The van der Waals surface area contributed by atoms with Crippen molar-refractivity contribution in [2.24, 2.45) is 0 Å². The Kier molecular flexibility index (Phi) is 59.8. The van der Waals surface area contributed by atoms with Crippen molar-refractivity contribution in [3.63, 3.8) is 0 Å². The summed E-state index contributed by atoms with van der Waals surface area (Å²) in [7, 11) is 0. The number of ether oxygens (including phenoxy) is 3. The number of allylic oxidation sites excluding steroid dienone is 16. The highest BCUT2D eigenvalue weighted by molar-refractivity contribution is 5.71. The number of esters is 3.